The average Bonchev–Trinajstić information content (AvgIpc) is 3.68. The fraction of sp³-hybridized carbons (Fsp3) is 0.406. The number of halogens is 1. The van der Waals surface area contributed by atoms with E-state index in [1.54, 1.807) is 29.9 Å². The standard InChI is InChI=1S/C32H40ClN7O3S/c1-37(2)13-9-16-40-21-23(19-26(40)30(41)34-12-17-39-14-7-4-8-15-39)35-31(42)25-18-22(20-38(25)3)36-32(43)29-28(33)24-10-5-6-11-27(24)44-29/h5-6,10-11,18-21H,4,7-9,12-17H2,1-3H3,(H,34,41)(H,35,42)(H,36,43). The van der Waals surface area contributed by atoms with Crippen molar-refractivity contribution in [2.24, 2.45) is 7.05 Å². The maximum Gasteiger partial charge on any atom is 0.272 e. The third kappa shape index (κ3) is 7.71. The van der Waals surface area contributed by atoms with Crippen LogP contribution in [-0.2, 0) is 13.6 Å². The fourth-order valence-corrected chi connectivity index (χ4v) is 6.93. The molecule has 0 saturated carbocycles. The molecule has 5 rings (SSSR count). The number of benzene rings is 1. The molecule has 1 saturated heterocycles. The van der Waals surface area contributed by atoms with Gasteiger partial charge in [0.25, 0.3) is 17.7 Å². The molecule has 10 nitrogen and oxygen atoms in total. The molecule has 0 radical (unpaired) electrons. The Bertz CT molecular complexity index is 1630. The molecule has 1 aromatic carbocycles. The Kier molecular flexibility index (Phi) is 10.4. The van der Waals surface area contributed by atoms with Crippen molar-refractivity contribution in [3.05, 3.63) is 70.1 Å². The van der Waals surface area contributed by atoms with Crippen LogP contribution in [0.5, 0.6) is 0 Å². The number of anilines is 2. The first-order chi connectivity index (χ1) is 21.2. The zero-order valence-electron chi connectivity index (χ0n) is 25.5. The zero-order valence-corrected chi connectivity index (χ0v) is 27.1. The quantitative estimate of drug-likeness (QED) is 0.194. The Balaban J connectivity index is 1.25. The van der Waals surface area contributed by atoms with Crippen molar-refractivity contribution in [2.75, 3.05) is 57.5 Å². The molecule has 1 aliphatic rings. The molecule has 44 heavy (non-hydrogen) atoms. The second-order valence-corrected chi connectivity index (χ2v) is 12.9. The summed E-state index contributed by atoms with van der Waals surface area (Å²) in [4.78, 5) is 44.5. The summed E-state index contributed by atoms with van der Waals surface area (Å²) in [5.41, 5.74) is 1.88. The minimum absolute atomic E-state index is 0.156. The summed E-state index contributed by atoms with van der Waals surface area (Å²) in [5.74, 6) is -0.842. The lowest BCUT2D eigenvalue weighted by Crippen LogP contribution is -2.38. The van der Waals surface area contributed by atoms with Crippen LogP contribution in [0.15, 0.2) is 48.8 Å². The number of hydrogen-bond donors (Lipinski definition) is 3. The van der Waals surface area contributed by atoms with Gasteiger partial charge in [-0.1, -0.05) is 36.2 Å². The summed E-state index contributed by atoms with van der Waals surface area (Å²) < 4.78 is 4.49. The van der Waals surface area contributed by atoms with Gasteiger partial charge >= 0.3 is 0 Å². The molecule has 0 bridgehead atoms. The number of hydrogen-bond acceptors (Lipinski definition) is 6. The number of thiophene rings is 1. The van der Waals surface area contributed by atoms with Crippen molar-refractivity contribution >= 4 is 62.1 Å². The lowest BCUT2D eigenvalue weighted by molar-refractivity contribution is 0.0935. The highest BCUT2D eigenvalue weighted by Gasteiger charge is 2.21. The van der Waals surface area contributed by atoms with Crippen LogP contribution in [0.3, 0.4) is 0 Å². The van der Waals surface area contributed by atoms with E-state index < -0.39 is 0 Å². The van der Waals surface area contributed by atoms with Crippen molar-refractivity contribution in [2.45, 2.75) is 32.2 Å². The SMILES string of the molecule is CN(C)CCCn1cc(NC(=O)c2cc(NC(=O)c3sc4ccccc4c3Cl)cn2C)cc1C(=O)NCCN1CCCCC1. The lowest BCUT2D eigenvalue weighted by atomic mass is 10.1. The maximum absolute atomic E-state index is 13.3. The Hall–Kier alpha value is -3.64. The molecule has 3 N–H and O–H groups in total. The van der Waals surface area contributed by atoms with E-state index in [2.05, 4.69) is 25.8 Å². The summed E-state index contributed by atoms with van der Waals surface area (Å²) in [5, 5.41) is 10.1. The summed E-state index contributed by atoms with van der Waals surface area (Å²) in [6.45, 7) is 5.09. The minimum Gasteiger partial charge on any atom is -0.349 e. The fourth-order valence-electron chi connectivity index (χ4n) is 5.51. The van der Waals surface area contributed by atoms with Crippen molar-refractivity contribution in [3.8, 4) is 0 Å². The largest absolute Gasteiger partial charge is 0.349 e. The number of nitrogens with zero attached hydrogens (tertiary/aromatic N) is 4. The molecule has 1 fully saturated rings. The van der Waals surface area contributed by atoms with Gasteiger partial charge in [0, 0.05) is 49.2 Å². The number of fused-ring (bicyclic) bond motifs is 1. The van der Waals surface area contributed by atoms with Gasteiger partial charge < -0.3 is 34.9 Å². The Morgan fingerprint density at radius 1 is 0.909 bits per heavy atom. The number of aromatic nitrogens is 2. The number of carbonyl (C=O) groups excluding carboxylic acids is 3. The Morgan fingerprint density at radius 3 is 2.36 bits per heavy atom. The number of piperidine rings is 1. The lowest BCUT2D eigenvalue weighted by Gasteiger charge is -2.26. The minimum atomic E-state index is -0.351. The summed E-state index contributed by atoms with van der Waals surface area (Å²) in [6, 6.07) is 10.9. The van der Waals surface area contributed by atoms with E-state index in [0.29, 0.717) is 45.8 Å². The van der Waals surface area contributed by atoms with Crippen LogP contribution < -0.4 is 16.0 Å². The van der Waals surface area contributed by atoms with Crippen LogP contribution in [0.2, 0.25) is 5.02 Å². The molecule has 3 aromatic heterocycles. The van der Waals surface area contributed by atoms with E-state index in [9.17, 15) is 14.4 Å². The first kappa shape index (κ1) is 31.8. The first-order valence-electron chi connectivity index (χ1n) is 15.0. The molecule has 3 amide bonds. The summed E-state index contributed by atoms with van der Waals surface area (Å²) in [7, 11) is 5.77. The molecule has 0 aliphatic carbocycles. The van der Waals surface area contributed by atoms with Crippen LogP contribution in [0.4, 0.5) is 11.4 Å². The predicted octanol–water partition coefficient (Wildman–Crippen LogP) is 5.37. The first-order valence-corrected chi connectivity index (χ1v) is 16.2. The van der Waals surface area contributed by atoms with E-state index in [1.165, 1.54) is 30.6 Å². The van der Waals surface area contributed by atoms with Gasteiger partial charge in [0.15, 0.2) is 0 Å². The van der Waals surface area contributed by atoms with Gasteiger partial charge in [-0.2, -0.15) is 0 Å². The third-order valence-corrected chi connectivity index (χ3v) is 9.46. The van der Waals surface area contributed by atoms with Crippen LogP contribution >= 0.6 is 22.9 Å². The maximum atomic E-state index is 13.3. The normalized spacial score (nSPS) is 13.8. The van der Waals surface area contributed by atoms with Crippen LogP contribution in [0.1, 0.15) is 56.3 Å². The molecule has 4 heterocycles. The number of aryl methyl sites for hydroxylation is 2. The Morgan fingerprint density at radius 2 is 1.61 bits per heavy atom. The molecule has 4 aromatic rings. The Labute approximate surface area is 266 Å². The van der Waals surface area contributed by atoms with Crippen molar-refractivity contribution in [1.29, 1.82) is 0 Å². The van der Waals surface area contributed by atoms with Crippen molar-refractivity contribution in [3.63, 3.8) is 0 Å². The average molecular weight is 638 g/mol. The molecule has 0 atom stereocenters. The van der Waals surface area contributed by atoms with E-state index in [4.69, 9.17) is 11.6 Å². The smallest absolute Gasteiger partial charge is 0.272 e. The van der Waals surface area contributed by atoms with Crippen molar-refractivity contribution < 1.29 is 14.4 Å². The number of likely N-dealkylation sites (tertiary alicyclic amines) is 1. The van der Waals surface area contributed by atoms with Crippen LogP contribution in [0, 0.1) is 0 Å². The molecule has 0 unspecified atom stereocenters. The monoisotopic (exact) mass is 637 g/mol. The zero-order chi connectivity index (χ0) is 31.2. The predicted molar refractivity (Wildman–Crippen MR) is 178 cm³/mol. The number of carbonyl (C=O) groups is 3. The highest BCUT2D eigenvalue weighted by Crippen LogP contribution is 2.35. The van der Waals surface area contributed by atoms with Gasteiger partial charge in [0.1, 0.15) is 16.3 Å². The van der Waals surface area contributed by atoms with E-state index in [0.717, 1.165) is 42.7 Å². The highest BCUT2D eigenvalue weighted by molar-refractivity contribution is 7.21. The number of amides is 3. The molecular weight excluding hydrogens is 598 g/mol. The molecule has 12 heteroatoms. The van der Waals surface area contributed by atoms with Gasteiger partial charge in [-0.05, 0) is 71.2 Å². The summed E-state index contributed by atoms with van der Waals surface area (Å²) >= 11 is 7.81. The van der Waals surface area contributed by atoms with Crippen LogP contribution in [0.25, 0.3) is 10.1 Å². The van der Waals surface area contributed by atoms with Crippen LogP contribution in [-0.4, -0.2) is 83.5 Å². The van der Waals surface area contributed by atoms with Gasteiger partial charge in [-0.15, -0.1) is 11.3 Å². The van der Waals surface area contributed by atoms with E-state index in [-0.39, 0.29) is 17.7 Å². The van der Waals surface area contributed by atoms with E-state index in [1.807, 2.05) is 49.1 Å². The van der Waals surface area contributed by atoms with Crippen molar-refractivity contribution in [1.82, 2.24) is 24.3 Å². The van der Waals surface area contributed by atoms with Gasteiger partial charge in [0.2, 0.25) is 0 Å². The molecule has 0 spiro atoms. The highest BCUT2D eigenvalue weighted by atomic mass is 35.5. The molecule has 234 valence electrons. The number of nitrogens with one attached hydrogen (secondary N) is 3. The second kappa shape index (κ2) is 14.4. The van der Waals surface area contributed by atoms with E-state index >= 15 is 0 Å². The molecule has 1 aliphatic heterocycles. The van der Waals surface area contributed by atoms with Gasteiger partial charge in [-0.25, -0.2) is 0 Å². The molecular formula is C32H40ClN7O3S. The van der Waals surface area contributed by atoms with Gasteiger partial charge in [-0.3, -0.25) is 14.4 Å². The summed E-state index contributed by atoms with van der Waals surface area (Å²) in [6.07, 6.45) is 8.04. The topological polar surface area (TPSA) is 104 Å². The second-order valence-electron chi connectivity index (χ2n) is 11.5. The number of rotatable bonds is 12. The third-order valence-electron chi connectivity index (χ3n) is 7.79. The van der Waals surface area contributed by atoms with Gasteiger partial charge in [0.05, 0.1) is 16.4 Å².